The molecule has 0 saturated carbocycles. The summed E-state index contributed by atoms with van der Waals surface area (Å²) in [5, 5.41) is 15.3. The summed E-state index contributed by atoms with van der Waals surface area (Å²) in [6.45, 7) is 4.75. The zero-order valence-corrected chi connectivity index (χ0v) is 20.3. The van der Waals surface area contributed by atoms with Crippen LogP contribution < -0.4 is 14.8 Å². The molecule has 1 aliphatic heterocycles. The first-order valence-corrected chi connectivity index (χ1v) is 12.8. The lowest BCUT2D eigenvalue weighted by molar-refractivity contribution is 0.218. The van der Waals surface area contributed by atoms with Gasteiger partial charge >= 0.3 is 0 Å². The largest absolute Gasteiger partial charge is 0.493 e. The van der Waals surface area contributed by atoms with Crippen molar-refractivity contribution in [2.24, 2.45) is 0 Å². The van der Waals surface area contributed by atoms with Gasteiger partial charge in [-0.1, -0.05) is 80.1 Å². The molecule has 6 nitrogen and oxygen atoms in total. The maximum absolute atomic E-state index is 6.57. The van der Waals surface area contributed by atoms with Crippen LogP contribution in [0.3, 0.4) is 0 Å². The van der Waals surface area contributed by atoms with Gasteiger partial charge in [0.15, 0.2) is 5.69 Å². The standard InChI is InChI=1S/C27H28N4O2S/c1-3-5-10-17-34-27-29-26-24(30-31-27)20-13-8-9-14-21(20)28-25(33-26)23-19-12-7-6-11-18(19)15-16-22(23)32-4-2/h6-9,11-16,25,28H,3-5,10,17H2,1-2H3. The SMILES string of the molecule is CCCCCSc1nnc2c(n1)OC(c1c(OCC)ccc3ccccc13)Nc1ccccc1-2. The monoisotopic (exact) mass is 472 g/mol. The highest BCUT2D eigenvalue weighted by Gasteiger charge is 2.29. The normalized spacial score (nSPS) is 14.5. The molecule has 1 atom stereocenters. The molecule has 2 heterocycles. The molecular weight excluding hydrogens is 444 g/mol. The average molecular weight is 473 g/mol. The molecule has 0 spiro atoms. The predicted octanol–water partition coefficient (Wildman–Crippen LogP) is 6.88. The second-order valence-electron chi connectivity index (χ2n) is 8.12. The zero-order valence-electron chi connectivity index (χ0n) is 19.5. The minimum absolute atomic E-state index is 0.478. The molecule has 7 heteroatoms. The molecule has 4 aromatic rings. The summed E-state index contributed by atoms with van der Waals surface area (Å²) >= 11 is 1.62. The average Bonchev–Trinajstić information content (AvgIpc) is 3.03. The fourth-order valence-electron chi connectivity index (χ4n) is 4.18. The summed E-state index contributed by atoms with van der Waals surface area (Å²) in [5.74, 6) is 2.23. The van der Waals surface area contributed by atoms with Crippen molar-refractivity contribution >= 4 is 28.2 Å². The van der Waals surface area contributed by atoms with Crippen molar-refractivity contribution in [3.63, 3.8) is 0 Å². The summed E-state index contributed by atoms with van der Waals surface area (Å²) in [6, 6.07) is 20.4. The minimum Gasteiger partial charge on any atom is -0.493 e. The van der Waals surface area contributed by atoms with E-state index in [1.807, 2.05) is 49.4 Å². The highest BCUT2D eigenvalue weighted by Crippen LogP contribution is 2.43. The fraction of sp³-hybridized carbons (Fsp3) is 0.296. The maximum atomic E-state index is 6.57. The smallest absolute Gasteiger partial charge is 0.247 e. The molecule has 0 radical (unpaired) electrons. The second kappa shape index (κ2) is 10.3. The van der Waals surface area contributed by atoms with Gasteiger partial charge in [-0.3, -0.25) is 0 Å². The van der Waals surface area contributed by atoms with Gasteiger partial charge in [-0.2, -0.15) is 4.98 Å². The Labute approximate surface area is 204 Å². The number of unbranched alkanes of at least 4 members (excludes halogenated alkanes) is 2. The van der Waals surface area contributed by atoms with E-state index in [1.54, 1.807) is 11.8 Å². The van der Waals surface area contributed by atoms with Gasteiger partial charge in [-0.25, -0.2) is 0 Å². The van der Waals surface area contributed by atoms with Gasteiger partial charge in [0.05, 0.1) is 12.2 Å². The van der Waals surface area contributed by atoms with Crippen LogP contribution in [0.4, 0.5) is 5.69 Å². The Hall–Kier alpha value is -3.32. The number of anilines is 1. The first-order chi connectivity index (χ1) is 16.8. The van der Waals surface area contributed by atoms with Crippen molar-refractivity contribution in [1.29, 1.82) is 0 Å². The lowest BCUT2D eigenvalue weighted by atomic mass is 10.0. The third-order valence-corrected chi connectivity index (χ3v) is 6.73. The molecule has 0 saturated heterocycles. The van der Waals surface area contributed by atoms with Crippen LogP contribution in [0.1, 0.15) is 44.9 Å². The van der Waals surface area contributed by atoms with E-state index in [9.17, 15) is 0 Å². The van der Waals surface area contributed by atoms with Gasteiger partial charge in [0.2, 0.25) is 17.3 Å². The highest BCUT2D eigenvalue weighted by atomic mass is 32.2. The molecule has 0 bridgehead atoms. The predicted molar refractivity (Wildman–Crippen MR) is 138 cm³/mol. The van der Waals surface area contributed by atoms with Crippen molar-refractivity contribution < 1.29 is 9.47 Å². The second-order valence-corrected chi connectivity index (χ2v) is 9.19. The Balaban J connectivity index is 1.60. The van der Waals surface area contributed by atoms with E-state index in [-0.39, 0.29) is 0 Å². The van der Waals surface area contributed by atoms with Crippen molar-refractivity contribution in [2.45, 2.75) is 44.5 Å². The van der Waals surface area contributed by atoms with E-state index < -0.39 is 6.23 Å². The van der Waals surface area contributed by atoms with Crippen molar-refractivity contribution in [3.8, 4) is 22.9 Å². The molecule has 1 unspecified atom stereocenters. The van der Waals surface area contributed by atoms with Gasteiger partial charge in [-0.15, -0.1) is 10.2 Å². The van der Waals surface area contributed by atoms with Crippen LogP contribution in [0.5, 0.6) is 11.6 Å². The minimum atomic E-state index is -0.510. The number of hydrogen-bond acceptors (Lipinski definition) is 7. The van der Waals surface area contributed by atoms with Crippen LogP contribution in [0.15, 0.2) is 65.8 Å². The van der Waals surface area contributed by atoms with Gasteiger partial charge in [-0.05, 0) is 36.2 Å². The van der Waals surface area contributed by atoms with E-state index >= 15 is 0 Å². The summed E-state index contributed by atoms with van der Waals surface area (Å²) in [5.41, 5.74) is 3.42. The molecule has 1 aliphatic rings. The number of nitrogens with one attached hydrogen (secondary N) is 1. The molecule has 5 rings (SSSR count). The quantitative estimate of drug-likeness (QED) is 0.221. The van der Waals surface area contributed by atoms with Crippen LogP contribution in [-0.4, -0.2) is 27.5 Å². The summed E-state index contributed by atoms with van der Waals surface area (Å²) < 4.78 is 12.6. The Bertz CT molecular complexity index is 1300. The summed E-state index contributed by atoms with van der Waals surface area (Å²) in [6.07, 6.45) is 3.00. The molecule has 0 amide bonds. The van der Waals surface area contributed by atoms with Crippen LogP contribution >= 0.6 is 11.8 Å². The lowest BCUT2D eigenvalue weighted by Gasteiger charge is -2.23. The Morgan fingerprint density at radius 1 is 0.971 bits per heavy atom. The van der Waals surface area contributed by atoms with Crippen LogP contribution in [0, 0.1) is 0 Å². The number of hydrogen-bond donors (Lipinski definition) is 1. The van der Waals surface area contributed by atoms with Crippen molar-refractivity contribution in [1.82, 2.24) is 15.2 Å². The lowest BCUT2D eigenvalue weighted by Crippen LogP contribution is -2.19. The summed E-state index contributed by atoms with van der Waals surface area (Å²) in [4.78, 5) is 4.79. The topological polar surface area (TPSA) is 69.2 Å². The van der Waals surface area contributed by atoms with E-state index in [0.29, 0.717) is 23.3 Å². The van der Waals surface area contributed by atoms with E-state index in [0.717, 1.165) is 45.5 Å². The van der Waals surface area contributed by atoms with E-state index in [4.69, 9.17) is 14.5 Å². The van der Waals surface area contributed by atoms with E-state index in [2.05, 4.69) is 40.6 Å². The maximum Gasteiger partial charge on any atom is 0.247 e. The molecule has 34 heavy (non-hydrogen) atoms. The van der Waals surface area contributed by atoms with E-state index in [1.165, 1.54) is 12.8 Å². The Morgan fingerprint density at radius 3 is 2.71 bits per heavy atom. The first kappa shape index (κ1) is 22.5. The number of rotatable bonds is 8. The third-order valence-electron chi connectivity index (χ3n) is 5.81. The zero-order chi connectivity index (χ0) is 23.3. The van der Waals surface area contributed by atoms with Gasteiger partial charge in [0, 0.05) is 17.0 Å². The molecular formula is C27H28N4O2S. The van der Waals surface area contributed by atoms with Gasteiger partial charge in [0.1, 0.15) is 5.75 Å². The molecule has 3 aromatic carbocycles. The first-order valence-electron chi connectivity index (χ1n) is 11.8. The van der Waals surface area contributed by atoms with Crippen LogP contribution in [-0.2, 0) is 0 Å². The molecule has 1 N–H and O–H groups in total. The van der Waals surface area contributed by atoms with Crippen molar-refractivity contribution in [3.05, 3.63) is 66.2 Å². The Kier molecular flexibility index (Phi) is 6.81. The summed E-state index contributed by atoms with van der Waals surface area (Å²) in [7, 11) is 0. The number of thioether (sulfide) groups is 1. The Morgan fingerprint density at radius 2 is 1.82 bits per heavy atom. The molecule has 1 aromatic heterocycles. The fourth-order valence-corrected chi connectivity index (χ4v) is 4.96. The number of ether oxygens (including phenoxy) is 2. The highest BCUT2D eigenvalue weighted by molar-refractivity contribution is 7.99. The van der Waals surface area contributed by atoms with Gasteiger partial charge in [0.25, 0.3) is 0 Å². The third kappa shape index (κ3) is 4.53. The van der Waals surface area contributed by atoms with Gasteiger partial charge < -0.3 is 14.8 Å². The molecule has 0 aliphatic carbocycles. The molecule has 0 fully saturated rings. The number of fused-ring (bicyclic) bond motifs is 4. The van der Waals surface area contributed by atoms with Crippen molar-refractivity contribution in [2.75, 3.05) is 17.7 Å². The van der Waals surface area contributed by atoms with Crippen LogP contribution in [0.25, 0.3) is 22.0 Å². The number of para-hydroxylation sites is 1. The number of nitrogens with zero attached hydrogens (tertiary/aromatic N) is 3. The number of benzene rings is 3. The molecule has 174 valence electrons. The number of aromatic nitrogens is 3. The van der Waals surface area contributed by atoms with Crippen LogP contribution in [0.2, 0.25) is 0 Å².